The summed E-state index contributed by atoms with van der Waals surface area (Å²) in [5.74, 6) is -0.385. The number of fused-ring (bicyclic) bond motifs is 2. The number of rotatable bonds is 9. The Hall–Kier alpha value is -7.15. The van der Waals surface area contributed by atoms with Crippen molar-refractivity contribution in [2.45, 2.75) is 53.6 Å². The quantitative estimate of drug-likeness (QED) is 0.0952. The van der Waals surface area contributed by atoms with Crippen LogP contribution in [0.2, 0.25) is 10.0 Å². The number of hydrogen-bond donors (Lipinski definition) is 5. The summed E-state index contributed by atoms with van der Waals surface area (Å²) in [5, 5.41) is 21.6. The summed E-state index contributed by atoms with van der Waals surface area (Å²) in [6.07, 6.45) is 3.93. The zero-order chi connectivity index (χ0) is 46.5. The van der Waals surface area contributed by atoms with Crippen molar-refractivity contribution in [2.75, 3.05) is 18.6 Å². The molecule has 20 heteroatoms. The number of anilines is 2. The highest BCUT2D eigenvalue weighted by Gasteiger charge is 2.17. The molecule has 0 saturated carbocycles. The molecule has 8 N–H and O–H groups in total. The van der Waals surface area contributed by atoms with Crippen LogP contribution in [0.25, 0.3) is 21.8 Å². The first-order valence-electron chi connectivity index (χ1n) is 19.5. The number of carbonyl (C=O) groups excluding carboxylic acids is 1. The van der Waals surface area contributed by atoms with E-state index in [0.717, 1.165) is 66.6 Å². The summed E-state index contributed by atoms with van der Waals surface area (Å²) in [7, 11) is -1.00. The van der Waals surface area contributed by atoms with Gasteiger partial charge in [-0.3, -0.25) is 19.2 Å². The number of hydrogen-bond acceptors (Lipinski definition) is 15. The lowest BCUT2D eigenvalue weighted by Crippen LogP contribution is -2.25. The van der Waals surface area contributed by atoms with E-state index >= 15 is 0 Å². The molecule has 6 heterocycles. The molecule has 8 rings (SSSR count). The minimum Gasteiger partial charge on any atom is -0.475 e. The third kappa shape index (κ3) is 12.7. The predicted octanol–water partition coefficient (Wildman–Crippen LogP) is 7.27. The van der Waals surface area contributed by atoms with Gasteiger partial charge in [0.25, 0.3) is 17.6 Å². The number of carbonyl (C=O) groups is 2. The Labute approximate surface area is 371 Å². The van der Waals surface area contributed by atoms with Gasteiger partial charge in [0.05, 0.1) is 42.4 Å². The highest BCUT2D eigenvalue weighted by Crippen LogP contribution is 2.22. The van der Waals surface area contributed by atoms with Crippen molar-refractivity contribution in [3.63, 3.8) is 0 Å². The van der Waals surface area contributed by atoms with E-state index in [1.165, 1.54) is 0 Å². The number of pyridine rings is 4. The number of alkyl halides is 1. The van der Waals surface area contributed by atoms with Gasteiger partial charge < -0.3 is 36.7 Å². The molecule has 0 radical (unpaired) electrons. The second kappa shape index (κ2) is 21.6. The van der Waals surface area contributed by atoms with E-state index < -0.39 is 19.0 Å². The Morgan fingerprint density at radius 3 is 1.63 bits per heavy atom. The molecule has 2 aromatic carbocycles. The lowest BCUT2D eigenvalue weighted by molar-refractivity contribution is 0.0679. The number of aromatic carboxylic acids is 1. The molecule has 0 spiro atoms. The van der Waals surface area contributed by atoms with Crippen LogP contribution in [-0.2, 0) is 25.9 Å². The lowest BCUT2D eigenvalue weighted by atomic mass is 10.1. The van der Waals surface area contributed by atoms with E-state index in [1.54, 1.807) is 18.5 Å². The normalized spacial score (nSPS) is 10.8. The van der Waals surface area contributed by atoms with Crippen molar-refractivity contribution in [3.8, 4) is 0 Å². The molecule has 0 aliphatic rings. The minimum atomic E-state index is -1.21. The highest BCUT2D eigenvalue weighted by molar-refractivity contribution is 6.31. The van der Waals surface area contributed by atoms with Crippen LogP contribution in [0.5, 0.6) is 0 Å². The Balaban J connectivity index is 0.000000194. The molecule has 0 fully saturated rings. The SMILES string of the molecule is Cc1cc(N)nc(C)c1CN.Cc1cc(N)nc(C)c1CNC(=O)c1noc(Cc2ccc3ncc(Cl)cc3c2)n1.O=C(O)c1noc(Cc2ccc3ncc(Cl)cc3c2)n1.[2H]CF. The van der Waals surface area contributed by atoms with Crippen LogP contribution in [0.1, 0.15) is 79.2 Å². The summed E-state index contributed by atoms with van der Waals surface area (Å²) in [5.41, 5.74) is 26.1. The number of carboxylic acids is 1. The van der Waals surface area contributed by atoms with E-state index in [9.17, 15) is 14.0 Å². The summed E-state index contributed by atoms with van der Waals surface area (Å²) in [6, 6.07) is 18.7. The van der Waals surface area contributed by atoms with Gasteiger partial charge in [0, 0.05) is 47.6 Å². The number of benzene rings is 2. The largest absolute Gasteiger partial charge is 0.475 e. The van der Waals surface area contributed by atoms with Gasteiger partial charge in [0.1, 0.15) is 11.6 Å². The second-order valence-electron chi connectivity index (χ2n) is 13.8. The zero-order valence-electron chi connectivity index (χ0n) is 35.5. The first-order chi connectivity index (χ1) is 30.6. The summed E-state index contributed by atoms with van der Waals surface area (Å²) in [4.78, 5) is 47.9. The fourth-order valence-electron chi connectivity index (χ4n) is 6.31. The Morgan fingerprint density at radius 1 is 0.730 bits per heavy atom. The number of aromatic nitrogens is 8. The van der Waals surface area contributed by atoms with Crippen LogP contribution in [0, 0.1) is 27.7 Å². The molecule has 0 aliphatic heterocycles. The average molecular weight is 899 g/mol. The van der Waals surface area contributed by atoms with Gasteiger partial charge in [-0.15, -0.1) is 0 Å². The van der Waals surface area contributed by atoms with Crippen molar-refractivity contribution in [3.05, 3.63) is 151 Å². The van der Waals surface area contributed by atoms with Gasteiger partial charge in [-0.05, 0) is 115 Å². The topological polar surface area (TPSA) is 274 Å². The molecule has 0 unspecified atom stereocenters. The van der Waals surface area contributed by atoms with Crippen molar-refractivity contribution in [1.29, 1.82) is 0 Å². The molecular formula is C43H43Cl2FN12O5. The summed E-state index contributed by atoms with van der Waals surface area (Å²) < 4.78 is 25.6. The van der Waals surface area contributed by atoms with E-state index in [0.29, 0.717) is 53.5 Å². The van der Waals surface area contributed by atoms with E-state index in [4.69, 9.17) is 55.9 Å². The maximum atomic E-state index is 12.4. The highest BCUT2D eigenvalue weighted by atomic mass is 35.5. The molecule has 17 nitrogen and oxygen atoms in total. The fourth-order valence-corrected chi connectivity index (χ4v) is 6.64. The van der Waals surface area contributed by atoms with E-state index in [-0.39, 0.29) is 17.5 Å². The number of nitrogens with two attached hydrogens (primary N) is 3. The molecule has 326 valence electrons. The fraction of sp³-hybridized carbons (Fsp3) is 0.209. The van der Waals surface area contributed by atoms with Crippen LogP contribution in [0.3, 0.4) is 0 Å². The van der Waals surface area contributed by atoms with Crippen molar-refractivity contribution in [2.24, 2.45) is 5.73 Å². The maximum Gasteiger partial charge on any atom is 0.377 e. The van der Waals surface area contributed by atoms with Gasteiger partial charge in [-0.2, -0.15) is 9.97 Å². The molecule has 0 bridgehead atoms. The van der Waals surface area contributed by atoms with Gasteiger partial charge in [0.2, 0.25) is 11.8 Å². The van der Waals surface area contributed by atoms with Gasteiger partial charge in [-0.1, -0.05) is 40.5 Å². The van der Waals surface area contributed by atoms with Crippen LogP contribution in [0.15, 0.2) is 82.1 Å². The van der Waals surface area contributed by atoms with Crippen molar-refractivity contribution < 1.29 is 29.5 Å². The molecule has 0 atom stereocenters. The molecular weight excluding hydrogens is 854 g/mol. The zero-order valence-corrected chi connectivity index (χ0v) is 36.0. The van der Waals surface area contributed by atoms with Crippen LogP contribution in [-0.4, -0.2) is 64.4 Å². The van der Waals surface area contributed by atoms with Crippen LogP contribution in [0.4, 0.5) is 16.0 Å². The van der Waals surface area contributed by atoms with Gasteiger partial charge >= 0.3 is 5.97 Å². The average Bonchev–Trinajstić information content (AvgIpc) is 3.91. The first-order valence-corrected chi connectivity index (χ1v) is 19.6. The molecule has 63 heavy (non-hydrogen) atoms. The Kier molecular flexibility index (Phi) is 15.5. The summed E-state index contributed by atoms with van der Waals surface area (Å²) >= 11 is 11.9. The number of amides is 1. The van der Waals surface area contributed by atoms with Crippen molar-refractivity contribution in [1.82, 2.24) is 45.5 Å². The van der Waals surface area contributed by atoms with Gasteiger partial charge in [0.15, 0.2) is 0 Å². The maximum absolute atomic E-state index is 12.4. The number of nitrogen functional groups attached to an aromatic ring is 2. The molecule has 0 aliphatic carbocycles. The molecule has 0 saturated heterocycles. The van der Waals surface area contributed by atoms with Crippen molar-refractivity contribution >= 4 is 68.5 Å². The second-order valence-corrected chi connectivity index (χ2v) is 14.7. The standard InChI is InChI=1S/C21H19ClN6O2.C13H8ClN3O3.C8H13N3.CH3F/c1-11-5-18(23)26-12(2)16(11)10-25-21(29)20-27-19(30-28-20)7-13-3-4-17-14(6-13)8-15(22)9-24-17;14-9-5-8-3-7(1-2-10(8)15-6-9)4-11-16-12(13(18)19)17-20-11;1-5-3-8(10)11-6(2)7(5)4-9;1-2/h3-6,8-9H,7,10H2,1-2H3,(H2,23,26)(H,25,29);1-3,5-6H,4H2,(H,18,19);3H,4,9H2,1-2H3,(H2,10,11);1H3/i;;;1D. The van der Waals surface area contributed by atoms with Gasteiger partial charge in [-0.25, -0.2) is 14.8 Å². The number of aryl methyl sites for hydroxylation is 4. The third-order valence-electron chi connectivity index (χ3n) is 9.24. The predicted molar refractivity (Wildman–Crippen MR) is 237 cm³/mol. The van der Waals surface area contributed by atoms with E-state index in [2.05, 4.69) is 45.5 Å². The van der Waals surface area contributed by atoms with Crippen LogP contribution >= 0.6 is 23.2 Å². The minimum absolute atomic E-state index is 0.0192. The first kappa shape index (κ1) is 45.4. The Morgan fingerprint density at radius 2 is 1.19 bits per heavy atom. The van der Waals surface area contributed by atoms with E-state index in [1.807, 2.05) is 82.3 Å². The number of nitrogens with zero attached hydrogens (tertiary/aromatic N) is 8. The number of nitrogens with one attached hydrogen (secondary N) is 1. The molecule has 1 amide bonds. The lowest BCUT2D eigenvalue weighted by Gasteiger charge is -2.10. The Bertz CT molecular complexity index is 2870. The summed E-state index contributed by atoms with van der Waals surface area (Å²) in [6.45, 7) is 8.52. The smallest absolute Gasteiger partial charge is 0.377 e. The third-order valence-corrected chi connectivity index (χ3v) is 9.66. The molecule has 8 aromatic rings. The number of halogens is 3. The van der Waals surface area contributed by atoms with Crippen LogP contribution < -0.4 is 22.5 Å². The monoisotopic (exact) mass is 897 g/mol. The molecule has 6 aromatic heterocycles. The number of carboxylic acid groups (broad SMARTS) is 1.